The summed E-state index contributed by atoms with van der Waals surface area (Å²) < 4.78 is 36.3. The van der Waals surface area contributed by atoms with Gasteiger partial charge in [0.2, 0.25) is 0 Å². The van der Waals surface area contributed by atoms with Gasteiger partial charge in [0.15, 0.2) is 0 Å². The van der Waals surface area contributed by atoms with Crippen LogP contribution in [0, 0.1) is 0 Å². The Labute approximate surface area is 47.2 Å². The summed E-state index contributed by atoms with van der Waals surface area (Å²) in [4.78, 5) is 0. The summed E-state index contributed by atoms with van der Waals surface area (Å²) in [7, 11) is -4.65. The van der Waals surface area contributed by atoms with E-state index in [1.54, 1.807) is 0 Å². The van der Waals surface area contributed by atoms with E-state index in [2.05, 4.69) is 4.52 Å². The van der Waals surface area contributed by atoms with Crippen LogP contribution >= 0.6 is 16.9 Å². The Hall–Kier alpha value is 0.280. The quantitative estimate of drug-likeness (QED) is 0.621. The standard InChI is InChI=1S/CH4F3N2P2/c1-5-8(4)6-7(2)3/h1H3,(H,5,6)/q+1. The van der Waals surface area contributed by atoms with E-state index in [4.69, 9.17) is 0 Å². The van der Waals surface area contributed by atoms with Crippen molar-refractivity contribution in [3.05, 3.63) is 0 Å². The summed E-state index contributed by atoms with van der Waals surface area (Å²) in [5.41, 5.74) is 0. The SMILES string of the molecule is CNP(F)N=[P+](F)F. The van der Waals surface area contributed by atoms with Gasteiger partial charge >= 0.3 is 16.9 Å². The van der Waals surface area contributed by atoms with Gasteiger partial charge in [-0.15, -0.1) is 0 Å². The minimum absolute atomic E-state index is 1.24. The van der Waals surface area contributed by atoms with E-state index in [1.807, 2.05) is 5.09 Å². The molecule has 0 bridgehead atoms. The molecule has 0 radical (unpaired) electrons. The van der Waals surface area contributed by atoms with Crippen LogP contribution in [0.2, 0.25) is 0 Å². The van der Waals surface area contributed by atoms with Crippen LogP contribution in [0.25, 0.3) is 0 Å². The minimum Gasteiger partial charge on any atom is -0.251 e. The molecule has 0 saturated carbocycles. The molecule has 1 atom stereocenters. The molecule has 0 aliphatic heterocycles. The normalized spacial score (nSPS) is 13.0. The summed E-state index contributed by atoms with van der Waals surface area (Å²) in [6, 6.07) is 0. The van der Waals surface area contributed by atoms with Crippen molar-refractivity contribution in [1.29, 1.82) is 0 Å². The molecule has 2 nitrogen and oxygen atoms in total. The maximum atomic E-state index is 11.7. The maximum Gasteiger partial charge on any atom is 0.666 e. The van der Waals surface area contributed by atoms with E-state index in [0.717, 1.165) is 0 Å². The van der Waals surface area contributed by atoms with Crippen LogP contribution in [0.3, 0.4) is 0 Å². The average Bonchev–Trinajstić information content (AvgIpc) is 1.65. The molecule has 48 valence electrons. The van der Waals surface area contributed by atoms with Crippen molar-refractivity contribution in [2.75, 3.05) is 7.05 Å². The Morgan fingerprint density at radius 1 is 1.62 bits per heavy atom. The Morgan fingerprint density at radius 2 is 2.12 bits per heavy atom. The van der Waals surface area contributed by atoms with Crippen LogP contribution in [-0.4, -0.2) is 7.05 Å². The predicted molar refractivity (Wildman–Crippen MR) is 28.7 cm³/mol. The van der Waals surface area contributed by atoms with Gasteiger partial charge in [0.1, 0.15) is 0 Å². The topological polar surface area (TPSA) is 24.4 Å². The lowest BCUT2D eigenvalue weighted by Gasteiger charge is -1.85. The Bertz CT molecular complexity index is 91.3. The lowest BCUT2D eigenvalue weighted by Crippen LogP contribution is -1.88. The van der Waals surface area contributed by atoms with Gasteiger partial charge in [-0.3, -0.25) is 5.09 Å². The van der Waals surface area contributed by atoms with Gasteiger partial charge in [0.25, 0.3) is 0 Å². The second-order valence-electron chi connectivity index (χ2n) is 0.788. The second kappa shape index (κ2) is 4.19. The highest BCUT2D eigenvalue weighted by Gasteiger charge is 2.15. The van der Waals surface area contributed by atoms with Gasteiger partial charge in [-0.25, -0.2) is 0 Å². The lowest BCUT2D eigenvalue weighted by atomic mass is 11.6. The number of nitrogens with zero attached hydrogens (tertiary/aromatic N) is 1. The van der Waals surface area contributed by atoms with E-state index < -0.39 is 16.9 Å². The summed E-state index contributed by atoms with van der Waals surface area (Å²) in [5, 5.41) is 1.96. The summed E-state index contributed by atoms with van der Waals surface area (Å²) in [6.45, 7) is 0. The molecule has 0 amide bonds. The summed E-state index contributed by atoms with van der Waals surface area (Å²) in [5.74, 6) is 0. The molecule has 0 aliphatic rings. The molecule has 1 unspecified atom stereocenters. The first kappa shape index (κ1) is 8.28. The van der Waals surface area contributed by atoms with E-state index in [-0.39, 0.29) is 0 Å². The largest absolute Gasteiger partial charge is 0.666 e. The maximum absolute atomic E-state index is 11.7. The van der Waals surface area contributed by atoms with Crippen molar-refractivity contribution in [1.82, 2.24) is 5.09 Å². The smallest absolute Gasteiger partial charge is 0.251 e. The van der Waals surface area contributed by atoms with Gasteiger partial charge in [-0.05, 0) is 7.05 Å². The molecule has 0 aromatic rings. The van der Waals surface area contributed by atoms with Gasteiger partial charge in [0, 0.05) is 4.52 Å². The third kappa shape index (κ3) is 4.44. The van der Waals surface area contributed by atoms with E-state index in [0.29, 0.717) is 0 Å². The Morgan fingerprint density at radius 3 is 2.25 bits per heavy atom. The van der Waals surface area contributed by atoms with E-state index >= 15 is 0 Å². The van der Waals surface area contributed by atoms with Gasteiger partial charge < -0.3 is 0 Å². The first-order valence-corrected chi connectivity index (χ1v) is 3.89. The van der Waals surface area contributed by atoms with Crippen LogP contribution in [0.15, 0.2) is 4.52 Å². The van der Waals surface area contributed by atoms with Crippen molar-refractivity contribution in [2.24, 2.45) is 4.52 Å². The van der Waals surface area contributed by atoms with Crippen LogP contribution in [0.4, 0.5) is 12.6 Å². The van der Waals surface area contributed by atoms with Crippen molar-refractivity contribution in [2.45, 2.75) is 0 Å². The lowest BCUT2D eigenvalue weighted by molar-refractivity contribution is 0.762. The van der Waals surface area contributed by atoms with Crippen molar-refractivity contribution >= 4 is 16.9 Å². The molecule has 1 N–H and O–H groups in total. The van der Waals surface area contributed by atoms with Gasteiger partial charge in [-0.1, -0.05) is 0 Å². The number of hydrogen-bond donors (Lipinski definition) is 1. The molecule has 0 spiro atoms. The highest BCUT2D eigenvalue weighted by atomic mass is 31.2. The molecule has 0 fully saturated rings. The monoisotopic (exact) mass is 163 g/mol. The molecular formula is CH4F3N2P2+. The molecule has 8 heavy (non-hydrogen) atoms. The average molecular weight is 163 g/mol. The fourth-order valence-corrected chi connectivity index (χ4v) is 0.937. The van der Waals surface area contributed by atoms with Gasteiger partial charge in [0.05, 0.1) is 8.39 Å². The summed E-state index contributed by atoms with van der Waals surface area (Å²) >= 11 is 0. The Kier molecular flexibility index (Phi) is 4.33. The third-order valence-corrected chi connectivity index (χ3v) is 1.87. The highest BCUT2D eigenvalue weighted by Crippen LogP contribution is 2.44. The number of rotatable bonds is 2. The molecule has 0 rings (SSSR count). The highest BCUT2D eigenvalue weighted by molar-refractivity contribution is 7.55. The van der Waals surface area contributed by atoms with Crippen LogP contribution in [0.1, 0.15) is 0 Å². The zero-order valence-corrected chi connectivity index (χ0v) is 5.76. The van der Waals surface area contributed by atoms with Crippen LogP contribution in [-0.2, 0) is 0 Å². The van der Waals surface area contributed by atoms with Gasteiger partial charge in [-0.2, -0.15) is 4.20 Å². The van der Waals surface area contributed by atoms with Crippen molar-refractivity contribution in [3.8, 4) is 0 Å². The van der Waals surface area contributed by atoms with Crippen molar-refractivity contribution in [3.63, 3.8) is 0 Å². The zero-order chi connectivity index (χ0) is 6.57. The first-order chi connectivity index (χ1) is 3.66. The molecule has 0 saturated heterocycles. The Balaban J connectivity index is 3.51. The van der Waals surface area contributed by atoms with Crippen LogP contribution in [0.5, 0.6) is 0 Å². The molecule has 0 aromatic carbocycles. The molecule has 0 aromatic heterocycles. The zero-order valence-electron chi connectivity index (χ0n) is 3.98. The number of halogens is 3. The minimum atomic E-state index is -3.43. The predicted octanol–water partition coefficient (Wildman–Crippen LogP) is 2.84. The molecular weight excluding hydrogens is 159 g/mol. The molecule has 7 heteroatoms. The third-order valence-electron chi connectivity index (χ3n) is 0.331. The number of nitrogens with one attached hydrogen (secondary N) is 1. The van der Waals surface area contributed by atoms with Crippen LogP contribution < -0.4 is 5.09 Å². The summed E-state index contributed by atoms with van der Waals surface area (Å²) in [6.07, 6.45) is 0. The van der Waals surface area contributed by atoms with E-state index in [9.17, 15) is 12.6 Å². The fraction of sp³-hybridized carbons (Fsp3) is 1.00. The molecule has 0 aliphatic carbocycles. The molecule has 0 heterocycles. The number of hydrogen-bond acceptors (Lipinski definition) is 2. The fourth-order valence-electron chi connectivity index (χ4n) is 0.104. The van der Waals surface area contributed by atoms with E-state index in [1.165, 1.54) is 7.05 Å². The van der Waals surface area contributed by atoms with Crippen molar-refractivity contribution < 1.29 is 12.6 Å². The first-order valence-electron chi connectivity index (χ1n) is 1.63. The second-order valence-corrected chi connectivity index (χ2v) is 2.90.